The molecule has 0 spiro atoms. The number of nitriles is 1. The van der Waals surface area contributed by atoms with Crippen LogP contribution in [-0.4, -0.2) is 57.3 Å². The standard InChI is InChI=1S/C33H36F3N4O8PS.2Na/c1-22(50-26-17-45-30(46-18-26)7-5-4-6-24-9-8-23(16-37)14-28(24)35)33(19-40-21-38-20-39-40,27-11-10-25(34)15-29(27)36)48-31(41)32(2,3)12-13-47-49(42,43)44;;/h4-11,14-15,20-22,26,30H,12-13,17-19H2,1-3H3,(H2,42,43,44);;/q;2*+1/p-2/b6-4+,7-5+;;/t22-,26-,30-,33-;;/m1../s1. The molecule has 2 atom stereocenters. The number of allylic oxidation sites excluding steroid dienone is 2. The second kappa shape index (κ2) is 20.8. The first kappa shape index (κ1) is 46.3. The summed E-state index contributed by atoms with van der Waals surface area (Å²) in [5, 5.41) is 11.9. The van der Waals surface area contributed by atoms with Crippen LogP contribution in [0.15, 0.2) is 67.3 Å². The Bertz CT molecular complexity index is 1790. The minimum atomic E-state index is -5.30. The molecule has 2 heterocycles. The van der Waals surface area contributed by atoms with Gasteiger partial charge >= 0.3 is 65.1 Å². The van der Waals surface area contributed by atoms with Crippen molar-refractivity contribution in [3.05, 3.63) is 101 Å². The Morgan fingerprint density at radius 2 is 1.87 bits per heavy atom. The van der Waals surface area contributed by atoms with Crippen LogP contribution in [0, 0.1) is 34.2 Å². The molecular weight excluding hydrogens is 746 g/mol. The molecule has 1 fully saturated rings. The number of ether oxygens (including phenoxy) is 3. The second-order valence-corrected chi connectivity index (χ2v) is 14.7. The molecule has 0 radical (unpaired) electrons. The second-order valence-electron chi connectivity index (χ2n) is 11.9. The number of thioether (sulfide) groups is 1. The topological polar surface area (TPSA) is 172 Å². The van der Waals surface area contributed by atoms with Crippen molar-refractivity contribution in [1.29, 1.82) is 5.26 Å². The van der Waals surface area contributed by atoms with Gasteiger partial charge in [-0.1, -0.05) is 24.3 Å². The fourth-order valence-corrected chi connectivity index (χ4v) is 6.62. The number of carbonyl (C=O) groups excluding carboxylic acids is 1. The molecule has 0 unspecified atom stereocenters. The van der Waals surface area contributed by atoms with Gasteiger partial charge in [0, 0.05) is 22.4 Å². The average Bonchev–Trinajstić information content (AvgIpc) is 3.56. The van der Waals surface area contributed by atoms with E-state index in [1.165, 1.54) is 67.2 Å². The molecule has 0 N–H and O–H groups in total. The number of rotatable bonds is 15. The van der Waals surface area contributed by atoms with E-state index in [1.54, 1.807) is 25.2 Å². The Hall–Kier alpha value is -1.81. The van der Waals surface area contributed by atoms with Crippen LogP contribution < -0.4 is 68.9 Å². The van der Waals surface area contributed by atoms with Crippen LogP contribution >= 0.6 is 19.6 Å². The Labute approximate surface area is 348 Å². The van der Waals surface area contributed by atoms with E-state index in [9.17, 15) is 27.9 Å². The van der Waals surface area contributed by atoms with Gasteiger partial charge in [-0.15, -0.1) is 11.8 Å². The maximum atomic E-state index is 15.7. The number of hydrogen-bond donors (Lipinski definition) is 0. The van der Waals surface area contributed by atoms with Crippen LogP contribution in [-0.2, 0) is 40.2 Å². The Balaban J connectivity index is 0.00000468. The van der Waals surface area contributed by atoms with Crippen LogP contribution in [0.4, 0.5) is 13.2 Å². The normalized spacial score (nSPS) is 18.2. The average molecular weight is 781 g/mol. The molecule has 1 saturated heterocycles. The third-order valence-corrected chi connectivity index (χ3v) is 9.73. The first-order valence-electron chi connectivity index (χ1n) is 15.2. The van der Waals surface area contributed by atoms with Crippen LogP contribution in [0.5, 0.6) is 0 Å². The number of carbonyl (C=O) groups is 1. The maximum Gasteiger partial charge on any atom is 1.00 e. The largest absolute Gasteiger partial charge is 1.00 e. The van der Waals surface area contributed by atoms with E-state index in [2.05, 4.69) is 14.6 Å². The van der Waals surface area contributed by atoms with E-state index >= 15 is 4.39 Å². The number of esters is 1. The molecule has 1 aliphatic rings. The van der Waals surface area contributed by atoms with Crippen LogP contribution in [0.3, 0.4) is 0 Å². The fraction of sp³-hybridized carbons (Fsp3) is 0.394. The smallest absolute Gasteiger partial charge is 0.790 e. The molecule has 3 aromatic rings. The van der Waals surface area contributed by atoms with Crippen LogP contribution in [0.2, 0.25) is 0 Å². The zero-order valence-corrected chi connectivity index (χ0v) is 35.0. The van der Waals surface area contributed by atoms with E-state index in [0.717, 1.165) is 12.1 Å². The fourth-order valence-electron chi connectivity index (χ4n) is 4.94. The van der Waals surface area contributed by atoms with Gasteiger partial charge in [0.25, 0.3) is 0 Å². The summed E-state index contributed by atoms with van der Waals surface area (Å²) in [5.74, 6) is -3.25. The monoisotopic (exact) mass is 780 g/mol. The summed E-state index contributed by atoms with van der Waals surface area (Å²) in [7, 11) is -5.30. The molecule has 0 bridgehead atoms. The van der Waals surface area contributed by atoms with E-state index in [4.69, 9.17) is 19.5 Å². The van der Waals surface area contributed by atoms with Crippen molar-refractivity contribution in [2.24, 2.45) is 5.41 Å². The summed E-state index contributed by atoms with van der Waals surface area (Å²) in [5.41, 5.74) is -2.89. The predicted molar refractivity (Wildman–Crippen MR) is 172 cm³/mol. The number of halogens is 3. The minimum absolute atomic E-state index is 0. The van der Waals surface area contributed by atoms with Gasteiger partial charge in [-0.25, -0.2) is 22.8 Å². The van der Waals surface area contributed by atoms with Crippen LogP contribution in [0.25, 0.3) is 6.08 Å². The van der Waals surface area contributed by atoms with Gasteiger partial charge in [0.15, 0.2) is 11.9 Å². The van der Waals surface area contributed by atoms with Gasteiger partial charge in [0.1, 0.15) is 30.1 Å². The number of phosphoric acid groups is 1. The number of benzene rings is 2. The number of phosphoric ester groups is 1. The van der Waals surface area contributed by atoms with Crippen molar-refractivity contribution in [3.8, 4) is 6.07 Å². The number of aromatic nitrogens is 3. The minimum Gasteiger partial charge on any atom is -0.790 e. The van der Waals surface area contributed by atoms with Crippen molar-refractivity contribution in [3.63, 3.8) is 0 Å². The zero-order chi connectivity index (χ0) is 36.5. The predicted octanol–water partition coefficient (Wildman–Crippen LogP) is -1.59. The summed E-state index contributed by atoms with van der Waals surface area (Å²) in [6.45, 7) is 4.10. The molecule has 1 aliphatic heterocycles. The van der Waals surface area contributed by atoms with Gasteiger partial charge < -0.3 is 33.1 Å². The molecule has 52 heavy (non-hydrogen) atoms. The third-order valence-electron chi connectivity index (χ3n) is 7.79. The van der Waals surface area contributed by atoms with Crippen molar-refractivity contribution in [2.75, 3.05) is 19.8 Å². The first-order valence-corrected chi connectivity index (χ1v) is 17.6. The number of nitrogens with zero attached hydrogens (tertiary/aromatic N) is 4. The summed E-state index contributed by atoms with van der Waals surface area (Å²) >= 11 is 1.27. The molecule has 2 aromatic carbocycles. The quantitative estimate of drug-likeness (QED) is 0.0751. The summed E-state index contributed by atoms with van der Waals surface area (Å²) in [6, 6.07) is 8.90. The molecule has 4 rings (SSSR count). The maximum absolute atomic E-state index is 15.7. The van der Waals surface area contributed by atoms with Crippen molar-refractivity contribution < 1.29 is 110 Å². The molecule has 12 nitrogen and oxygen atoms in total. The van der Waals surface area contributed by atoms with Gasteiger partial charge in [-0.3, -0.25) is 4.79 Å². The van der Waals surface area contributed by atoms with E-state index < -0.39 is 60.4 Å². The van der Waals surface area contributed by atoms with E-state index in [0.29, 0.717) is 11.6 Å². The molecule has 19 heteroatoms. The van der Waals surface area contributed by atoms with Gasteiger partial charge in [0.05, 0.1) is 56.5 Å². The first-order chi connectivity index (χ1) is 23.6. The van der Waals surface area contributed by atoms with Crippen molar-refractivity contribution in [1.82, 2.24) is 14.8 Å². The Morgan fingerprint density at radius 3 is 2.46 bits per heavy atom. The third kappa shape index (κ3) is 13.2. The molecule has 0 aliphatic carbocycles. The zero-order valence-electron chi connectivity index (χ0n) is 29.2. The van der Waals surface area contributed by atoms with E-state index in [1.807, 2.05) is 6.07 Å². The Morgan fingerprint density at radius 1 is 1.15 bits per heavy atom. The van der Waals surface area contributed by atoms with Gasteiger partial charge in [-0.05, 0) is 57.5 Å². The Kier molecular flexibility index (Phi) is 18.5. The molecule has 268 valence electrons. The van der Waals surface area contributed by atoms with Crippen molar-refractivity contribution in [2.45, 2.75) is 56.1 Å². The van der Waals surface area contributed by atoms with Crippen molar-refractivity contribution >= 4 is 31.6 Å². The summed E-state index contributed by atoms with van der Waals surface area (Å²) in [6.07, 6.45) is 7.99. The summed E-state index contributed by atoms with van der Waals surface area (Å²) < 4.78 is 78.4. The van der Waals surface area contributed by atoms with Crippen LogP contribution in [0.1, 0.15) is 43.9 Å². The van der Waals surface area contributed by atoms with Gasteiger partial charge in [0.2, 0.25) is 0 Å². The number of hydrogen-bond acceptors (Lipinski definition) is 12. The molecular formula is C33H34F3N4Na2O8PS. The van der Waals surface area contributed by atoms with Gasteiger partial charge in [-0.2, -0.15) is 10.4 Å². The molecule has 1 aromatic heterocycles. The van der Waals surface area contributed by atoms with E-state index in [-0.39, 0.29) is 102 Å². The molecule has 0 saturated carbocycles. The summed E-state index contributed by atoms with van der Waals surface area (Å²) in [4.78, 5) is 39.7. The SMILES string of the molecule is C[C@@H](S[C@H]1CO[C@H](/C=C/C=C/c2ccc(C#N)cc2F)OC1)[C@@](Cn1cncn1)(OC(=O)C(C)(C)CCOP(=O)([O-])[O-])c1ccc(F)cc1F.[Na+].[Na+]. The molecule has 0 amide bonds.